The number of fused-ring (bicyclic) bond motifs is 1. The van der Waals surface area contributed by atoms with Crippen LogP contribution >= 0.6 is 23.2 Å². The zero-order valence-electron chi connectivity index (χ0n) is 14.3. The predicted molar refractivity (Wildman–Crippen MR) is 99.7 cm³/mol. The number of imide groups is 1. The molecule has 0 radical (unpaired) electrons. The normalized spacial score (nSPS) is 13.1. The maximum absolute atomic E-state index is 12.5. The molecule has 1 heterocycles. The number of rotatable bonds is 6. The maximum atomic E-state index is 12.5. The van der Waals surface area contributed by atoms with E-state index in [1.165, 1.54) is 24.3 Å². The van der Waals surface area contributed by atoms with Crippen LogP contribution < -0.4 is 4.74 Å². The fourth-order valence-electron chi connectivity index (χ4n) is 2.71. The Morgan fingerprint density at radius 2 is 1.81 bits per heavy atom. The third-order valence-corrected chi connectivity index (χ3v) is 4.86. The molecule has 1 aliphatic heterocycles. The van der Waals surface area contributed by atoms with Crippen LogP contribution in [0.4, 0.5) is 0 Å². The Labute approximate surface area is 165 Å². The molecule has 8 heteroatoms. The maximum Gasteiger partial charge on any atom is 0.343 e. The molecule has 2 amide bonds. The van der Waals surface area contributed by atoms with E-state index in [1.807, 2.05) is 0 Å². The lowest BCUT2D eigenvalue weighted by Gasteiger charge is -2.12. The number of halogens is 2. The molecule has 27 heavy (non-hydrogen) atoms. The Hall–Kier alpha value is -2.41. The second-order valence-corrected chi connectivity index (χ2v) is 6.60. The van der Waals surface area contributed by atoms with Crippen LogP contribution in [0.1, 0.15) is 37.5 Å². The quantitative estimate of drug-likeness (QED) is 0.314. The van der Waals surface area contributed by atoms with Crippen molar-refractivity contribution in [2.45, 2.75) is 6.42 Å². The second-order valence-electron chi connectivity index (χ2n) is 5.81. The lowest BCUT2D eigenvalue weighted by atomic mass is 10.1. The summed E-state index contributed by atoms with van der Waals surface area (Å²) in [5.74, 6) is -1.43. The molecule has 0 aromatic heterocycles. The fraction of sp³-hybridized carbons (Fsp3) is 0.211. The lowest BCUT2D eigenvalue weighted by Crippen LogP contribution is -2.31. The van der Waals surface area contributed by atoms with Gasteiger partial charge in [-0.25, -0.2) is 4.79 Å². The number of carbonyl (C=O) groups is 3. The Balaban J connectivity index is 1.81. The van der Waals surface area contributed by atoms with E-state index in [0.29, 0.717) is 13.0 Å². The molecule has 0 aliphatic carbocycles. The van der Waals surface area contributed by atoms with Gasteiger partial charge in [0, 0.05) is 20.3 Å². The molecule has 0 bridgehead atoms. The first-order chi connectivity index (χ1) is 12.9. The standard InChI is InChI=1S/C19H15Cl2NO5/c1-26-9-3-8-22-17(23)12-7-6-11(10-13(12)18(22)24)19(25)27-15-5-2-4-14(20)16(15)21/h2,4-7,10H,3,8-9H2,1H3. The highest BCUT2D eigenvalue weighted by Crippen LogP contribution is 2.32. The van der Waals surface area contributed by atoms with Crippen LogP contribution in [-0.2, 0) is 4.74 Å². The van der Waals surface area contributed by atoms with E-state index in [9.17, 15) is 14.4 Å². The average Bonchev–Trinajstić information content (AvgIpc) is 2.90. The fourth-order valence-corrected chi connectivity index (χ4v) is 3.04. The van der Waals surface area contributed by atoms with Crippen molar-refractivity contribution in [1.29, 1.82) is 0 Å². The number of methoxy groups -OCH3 is 1. The van der Waals surface area contributed by atoms with Gasteiger partial charge in [0.25, 0.3) is 11.8 Å². The topological polar surface area (TPSA) is 72.9 Å². The van der Waals surface area contributed by atoms with Gasteiger partial charge in [-0.1, -0.05) is 29.3 Å². The SMILES string of the molecule is COCCCN1C(=O)c2ccc(C(=O)Oc3cccc(Cl)c3Cl)cc2C1=O. The van der Waals surface area contributed by atoms with E-state index in [-0.39, 0.29) is 44.9 Å². The van der Waals surface area contributed by atoms with Crippen molar-refractivity contribution in [3.05, 3.63) is 63.1 Å². The van der Waals surface area contributed by atoms with Crippen molar-refractivity contribution in [3.8, 4) is 5.75 Å². The summed E-state index contributed by atoms with van der Waals surface area (Å²) in [7, 11) is 1.55. The van der Waals surface area contributed by atoms with Crippen LogP contribution in [0.5, 0.6) is 5.75 Å². The van der Waals surface area contributed by atoms with Crippen molar-refractivity contribution in [1.82, 2.24) is 4.90 Å². The van der Waals surface area contributed by atoms with Gasteiger partial charge in [-0.15, -0.1) is 0 Å². The molecule has 0 saturated carbocycles. The second kappa shape index (κ2) is 8.08. The van der Waals surface area contributed by atoms with Gasteiger partial charge in [-0.3, -0.25) is 14.5 Å². The van der Waals surface area contributed by atoms with E-state index < -0.39 is 11.9 Å². The molecule has 0 saturated heterocycles. The minimum atomic E-state index is -0.708. The highest BCUT2D eigenvalue weighted by molar-refractivity contribution is 6.43. The number of carbonyl (C=O) groups excluding carboxylic acids is 3. The van der Waals surface area contributed by atoms with Crippen molar-refractivity contribution in [3.63, 3.8) is 0 Å². The Kier molecular flexibility index (Phi) is 5.79. The minimum absolute atomic E-state index is 0.110. The number of nitrogens with zero attached hydrogens (tertiary/aromatic N) is 1. The van der Waals surface area contributed by atoms with Gasteiger partial charge >= 0.3 is 5.97 Å². The van der Waals surface area contributed by atoms with Gasteiger partial charge in [0.15, 0.2) is 5.75 Å². The lowest BCUT2D eigenvalue weighted by molar-refractivity contribution is 0.0638. The summed E-state index contributed by atoms with van der Waals surface area (Å²) in [6, 6.07) is 8.91. The summed E-state index contributed by atoms with van der Waals surface area (Å²) in [6.45, 7) is 0.684. The van der Waals surface area contributed by atoms with E-state index >= 15 is 0 Å². The highest BCUT2D eigenvalue weighted by Gasteiger charge is 2.35. The molecule has 1 aliphatic rings. The van der Waals surface area contributed by atoms with Crippen LogP contribution in [0, 0.1) is 0 Å². The van der Waals surface area contributed by atoms with E-state index in [0.717, 1.165) is 4.90 Å². The summed E-state index contributed by atoms with van der Waals surface area (Å²) in [5, 5.41) is 0.368. The molecule has 3 rings (SSSR count). The summed E-state index contributed by atoms with van der Waals surface area (Å²) in [5.41, 5.74) is 0.559. The highest BCUT2D eigenvalue weighted by atomic mass is 35.5. The number of esters is 1. The first-order valence-electron chi connectivity index (χ1n) is 8.09. The number of hydrogen-bond donors (Lipinski definition) is 0. The first kappa shape index (κ1) is 19.4. The van der Waals surface area contributed by atoms with Gasteiger partial charge in [-0.05, 0) is 36.8 Å². The van der Waals surface area contributed by atoms with Crippen LogP contribution in [0.2, 0.25) is 10.0 Å². The summed E-state index contributed by atoms with van der Waals surface area (Å²) in [4.78, 5) is 38.4. The number of amides is 2. The van der Waals surface area contributed by atoms with Crippen molar-refractivity contribution >= 4 is 41.0 Å². The third kappa shape index (κ3) is 3.83. The Morgan fingerprint density at radius 3 is 2.56 bits per heavy atom. The molecule has 2 aromatic rings. The molecule has 6 nitrogen and oxygen atoms in total. The van der Waals surface area contributed by atoms with Crippen molar-refractivity contribution in [2.24, 2.45) is 0 Å². The zero-order chi connectivity index (χ0) is 19.6. The first-order valence-corrected chi connectivity index (χ1v) is 8.85. The Bertz CT molecular complexity index is 928. The zero-order valence-corrected chi connectivity index (χ0v) is 15.8. The van der Waals surface area contributed by atoms with Crippen LogP contribution in [0.15, 0.2) is 36.4 Å². The van der Waals surface area contributed by atoms with Gasteiger partial charge in [0.1, 0.15) is 5.02 Å². The molecule has 2 aromatic carbocycles. The molecular formula is C19H15Cl2NO5. The Morgan fingerprint density at radius 1 is 1.07 bits per heavy atom. The van der Waals surface area contributed by atoms with Gasteiger partial charge in [-0.2, -0.15) is 0 Å². The van der Waals surface area contributed by atoms with E-state index in [2.05, 4.69) is 0 Å². The summed E-state index contributed by atoms with van der Waals surface area (Å²) < 4.78 is 10.2. The number of benzene rings is 2. The summed E-state index contributed by atoms with van der Waals surface area (Å²) >= 11 is 11.9. The van der Waals surface area contributed by atoms with Crippen LogP contribution in [0.3, 0.4) is 0 Å². The minimum Gasteiger partial charge on any atom is -0.421 e. The number of hydrogen-bond acceptors (Lipinski definition) is 5. The third-order valence-electron chi connectivity index (χ3n) is 4.06. The van der Waals surface area contributed by atoms with Crippen molar-refractivity contribution < 1.29 is 23.9 Å². The monoisotopic (exact) mass is 407 g/mol. The van der Waals surface area contributed by atoms with Crippen molar-refractivity contribution in [2.75, 3.05) is 20.3 Å². The average molecular weight is 408 g/mol. The molecule has 0 N–H and O–H groups in total. The molecule has 0 unspecified atom stereocenters. The predicted octanol–water partition coefficient (Wildman–Crippen LogP) is 3.85. The molecule has 0 fully saturated rings. The van der Waals surface area contributed by atoms with E-state index in [1.54, 1.807) is 19.2 Å². The van der Waals surface area contributed by atoms with Crippen LogP contribution in [0.25, 0.3) is 0 Å². The van der Waals surface area contributed by atoms with Crippen LogP contribution in [-0.4, -0.2) is 42.9 Å². The van der Waals surface area contributed by atoms with Gasteiger partial charge < -0.3 is 9.47 Å². The summed E-state index contributed by atoms with van der Waals surface area (Å²) in [6.07, 6.45) is 0.532. The largest absolute Gasteiger partial charge is 0.421 e. The molecule has 140 valence electrons. The molecule has 0 atom stereocenters. The molecular weight excluding hydrogens is 393 g/mol. The number of ether oxygens (including phenoxy) is 2. The van der Waals surface area contributed by atoms with Gasteiger partial charge in [0.05, 0.1) is 21.7 Å². The van der Waals surface area contributed by atoms with E-state index in [4.69, 9.17) is 32.7 Å². The molecule has 0 spiro atoms. The van der Waals surface area contributed by atoms with Gasteiger partial charge in [0.2, 0.25) is 0 Å². The smallest absolute Gasteiger partial charge is 0.343 e.